The summed E-state index contributed by atoms with van der Waals surface area (Å²) in [5.74, 6) is 0.828. The molecule has 0 radical (unpaired) electrons. The summed E-state index contributed by atoms with van der Waals surface area (Å²) in [4.78, 5) is 4.48. The van der Waals surface area contributed by atoms with Gasteiger partial charge in [-0.1, -0.05) is 25.9 Å². The molecule has 7 heteroatoms. The van der Waals surface area contributed by atoms with Gasteiger partial charge in [-0.25, -0.2) is 4.98 Å². The molecule has 0 unspecified atom stereocenters. The summed E-state index contributed by atoms with van der Waals surface area (Å²) in [5.41, 5.74) is 6.10. The van der Waals surface area contributed by atoms with Crippen molar-refractivity contribution in [3.63, 3.8) is 0 Å². The quantitative estimate of drug-likeness (QED) is 0.374. The Balaban J connectivity index is 2.44. The van der Waals surface area contributed by atoms with Gasteiger partial charge in [0.15, 0.2) is 5.84 Å². The van der Waals surface area contributed by atoms with Crippen molar-refractivity contribution in [2.75, 3.05) is 0 Å². The van der Waals surface area contributed by atoms with Crippen molar-refractivity contribution in [3.8, 4) is 5.13 Å². The van der Waals surface area contributed by atoms with E-state index >= 15 is 0 Å². The van der Waals surface area contributed by atoms with E-state index in [9.17, 15) is 0 Å². The molecule has 0 fully saturated rings. The van der Waals surface area contributed by atoms with Crippen LogP contribution < -0.4 is 5.73 Å². The van der Waals surface area contributed by atoms with Gasteiger partial charge in [0.05, 0.1) is 5.69 Å². The van der Waals surface area contributed by atoms with Gasteiger partial charge in [0, 0.05) is 23.1 Å². The Hall–Kier alpha value is -1.89. The molecule has 0 aliphatic heterocycles. The molecule has 0 atom stereocenters. The minimum absolute atomic E-state index is 0.0486. The molecule has 2 aromatic rings. The Morgan fingerprint density at radius 1 is 1.50 bits per heavy atom. The van der Waals surface area contributed by atoms with Crippen molar-refractivity contribution in [2.24, 2.45) is 10.9 Å². The Morgan fingerprint density at radius 3 is 2.78 bits per heavy atom. The second-order valence-corrected chi connectivity index (χ2v) is 5.63. The van der Waals surface area contributed by atoms with E-state index in [4.69, 9.17) is 10.9 Å². The monoisotopic (exact) mass is 265 g/mol. The molecule has 0 aliphatic rings. The standard InChI is InChI=1S/C11H15N5OS/c1-11(2,3)9-13-10(18-15-9)16-6-4-5-7(16)8(12)14-17/h4-6,17H,1-3H3,(H2,12,14). The molecule has 2 aromatic heterocycles. The molecule has 0 saturated carbocycles. The van der Waals surface area contributed by atoms with E-state index in [2.05, 4.69) is 35.3 Å². The lowest BCUT2D eigenvalue weighted by Crippen LogP contribution is -2.17. The van der Waals surface area contributed by atoms with Crippen LogP contribution in [0.15, 0.2) is 23.5 Å². The summed E-state index contributed by atoms with van der Waals surface area (Å²) in [6, 6.07) is 3.57. The summed E-state index contributed by atoms with van der Waals surface area (Å²) in [7, 11) is 0. The van der Waals surface area contributed by atoms with Gasteiger partial charge in [0.1, 0.15) is 5.82 Å². The predicted octanol–water partition coefficient (Wildman–Crippen LogP) is 1.72. The van der Waals surface area contributed by atoms with Gasteiger partial charge in [-0.2, -0.15) is 4.37 Å². The number of amidine groups is 1. The Labute approximate surface area is 109 Å². The number of oxime groups is 1. The maximum Gasteiger partial charge on any atom is 0.214 e. The van der Waals surface area contributed by atoms with Crippen LogP contribution in [0.25, 0.3) is 5.13 Å². The first-order valence-electron chi connectivity index (χ1n) is 5.43. The van der Waals surface area contributed by atoms with Gasteiger partial charge in [-0.05, 0) is 12.1 Å². The molecule has 0 spiro atoms. The van der Waals surface area contributed by atoms with E-state index in [0.717, 1.165) is 5.82 Å². The maximum absolute atomic E-state index is 8.73. The molecule has 18 heavy (non-hydrogen) atoms. The number of hydrogen-bond donors (Lipinski definition) is 2. The molecule has 0 saturated heterocycles. The lowest BCUT2D eigenvalue weighted by molar-refractivity contribution is 0.318. The van der Waals surface area contributed by atoms with E-state index in [0.29, 0.717) is 10.8 Å². The Bertz CT molecular complexity index is 578. The normalized spacial score (nSPS) is 12.9. The van der Waals surface area contributed by atoms with Crippen LogP contribution in [0.3, 0.4) is 0 Å². The largest absolute Gasteiger partial charge is 0.409 e. The summed E-state index contributed by atoms with van der Waals surface area (Å²) in [6.07, 6.45) is 1.81. The van der Waals surface area contributed by atoms with Gasteiger partial charge in [0.25, 0.3) is 0 Å². The van der Waals surface area contributed by atoms with E-state index in [-0.39, 0.29) is 11.3 Å². The summed E-state index contributed by atoms with van der Waals surface area (Å²) in [6.45, 7) is 6.16. The highest BCUT2D eigenvalue weighted by Gasteiger charge is 2.21. The van der Waals surface area contributed by atoms with Crippen LogP contribution in [0.1, 0.15) is 32.3 Å². The molecule has 2 heterocycles. The third-order valence-electron chi connectivity index (χ3n) is 2.41. The molecule has 0 bridgehead atoms. The van der Waals surface area contributed by atoms with E-state index in [1.807, 2.05) is 6.07 Å². The van der Waals surface area contributed by atoms with Gasteiger partial charge < -0.3 is 10.9 Å². The van der Waals surface area contributed by atoms with Crippen LogP contribution in [-0.2, 0) is 5.41 Å². The summed E-state index contributed by atoms with van der Waals surface area (Å²) >= 11 is 1.29. The van der Waals surface area contributed by atoms with Gasteiger partial charge in [-0.3, -0.25) is 4.57 Å². The fraction of sp³-hybridized carbons (Fsp3) is 0.364. The average molecular weight is 265 g/mol. The van der Waals surface area contributed by atoms with Crippen LogP contribution in [0.4, 0.5) is 0 Å². The van der Waals surface area contributed by atoms with Crippen LogP contribution in [0.2, 0.25) is 0 Å². The molecule has 0 amide bonds. The number of nitrogens with two attached hydrogens (primary N) is 1. The third kappa shape index (κ3) is 2.21. The van der Waals surface area contributed by atoms with E-state index < -0.39 is 0 Å². The number of hydrogen-bond acceptors (Lipinski definition) is 5. The Kier molecular flexibility index (Phi) is 3.08. The first kappa shape index (κ1) is 12.6. The number of nitrogens with zero attached hydrogens (tertiary/aromatic N) is 4. The van der Waals surface area contributed by atoms with Crippen LogP contribution >= 0.6 is 11.5 Å². The molecular weight excluding hydrogens is 250 g/mol. The van der Waals surface area contributed by atoms with Crippen molar-refractivity contribution in [1.82, 2.24) is 13.9 Å². The molecule has 0 aromatic carbocycles. The van der Waals surface area contributed by atoms with Gasteiger partial charge >= 0.3 is 0 Å². The highest BCUT2D eigenvalue weighted by Crippen LogP contribution is 2.23. The smallest absolute Gasteiger partial charge is 0.214 e. The molecule has 3 N–H and O–H groups in total. The summed E-state index contributed by atoms with van der Waals surface area (Å²) in [5, 5.41) is 12.4. The average Bonchev–Trinajstić information content (AvgIpc) is 2.94. The molecule has 2 rings (SSSR count). The minimum atomic E-state index is -0.0985. The molecule has 96 valence electrons. The lowest BCUT2D eigenvalue weighted by Gasteiger charge is -2.12. The zero-order valence-electron chi connectivity index (χ0n) is 10.5. The van der Waals surface area contributed by atoms with Gasteiger partial charge in [-0.15, -0.1) is 0 Å². The second-order valence-electron chi connectivity index (χ2n) is 4.90. The molecule has 6 nitrogen and oxygen atoms in total. The zero-order chi connectivity index (χ0) is 13.3. The fourth-order valence-corrected chi connectivity index (χ4v) is 2.28. The first-order chi connectivity index (χ1) is 8.43. The van der Waals surface area contributed by atoms with E-state index in [1.54, 1.807) is 16.8 Å². The minimum Gasteiger partial charge on any atom is -0.409 e. The first-order valence-corrected chi connectivity index (χ1v) is 6.20. The fourth-order valence-electron chi connectivity index (χ4n) is 1.43. The topological polar surface area (TPSA) is 89.3 Å². The van der Waals surface area contributed by atoms with Crippen molar-refractivity contribution < 1.29 is 5.21 Å². The van der Waals surface area contributed by atoms with Crippen LogP contribution in [0, 0.1) is 0 Å². The van der Waals surface area contributed by atoms with Crippen LogP contribution in [-0.4, -0.2) is 25.0 Å². The molecular formula is C11H15N5OS. The van der Waals surface area contributed by atoms with E-state index in [1.165, 1.54) is 11.5 Å². The summed E-state index contributed by atoms with van der Waals surface area (Å²) < 4.78 is 6.09. The third-order valence-corrected chi connectivity index (χ3v) is 3.13. The lowest BCUT2D eigenvalue weighted by atomic mass is 9.96. The highest BCUT2D eigenvalue weighted by atomic mass is 32.1. The second kappa shape index (κ2) is 4.41. The zero-order valence-corrected chi connectivity index (χ0v) is 11.3. The number of aromatic nitrogens is 3. The highest BCUT2D eigenvalue weighted by molar-refractivity contribution is 7.08. The van der Waals surface area contributed by atoms with Crippen molar-refractivity contribution in [3.05, 3.63) is 29.8 Å². The predicted molar refractivity (Wildman–Crippen MR) is 70.4 cm³/mol. The van der Waals surface area contributed by atoms with Crippen molar-refractivity contribution in [2.45, 2.75) is 26.2 Å². The van der Waals surface area contributed by atoms with Gasteiger partial charge in [0.2, 0.25) is 5.13 Å². The Morgan fingerprint density at radius 2 is 2.22 bits per heavy atom. The SMILES string of the molecule is CC(C)(C)c1nsc(-n2cccc2/C(N)=N/O)n1. The van der Waals surface area contributed by atoms with Crippen molar-refractivity contribution in [1.29, 1.82) is 0 Å². The molecule has 0 aliphatic carbocycles. The maximum atomic E-state index is 8.73. The van der Waals surface area contributed by atoms with Crippen molar-refractivity contribution >= 4 is 17.4 Å². The number of rotatable bonds is 2. The van der Waals surface area contributed by atoms with Crippen LogP contribution in [0.5, 0.6) is 0 Å².